The monoisotopic (exact) mass is 371 g/mol. The minimum atomic E-state index is -0.372. The van der Waals surface area contributed by atoms with Crippen LogP contribution in [0.3, 0.4) is 0 Å². The lowest BCUT2D eigenvalue weighted by molar-refractivity contribution is 0.426. The third-order valence-electron chi connectivity index (χ3n) is 4.38. The molecule has 0 bridgehead atoms. The van der Waals surface area contributed by atoms with Crippen LogP contribution in [0.4, 0.5) is 10.1 Å². The highest BCUT2D eigenvalue weighted by Gasteiger charge is 2.21. The third kappa shape index (κ3) is 3.01. The van der Waals surface area contributed by atoms with Gasteiger partial charge >= 0.3 is 0 Å². The molecule has 1 saturated carbocycles. The molecule has 0 aliphatic heterocycles. The van der Waals surface area contributed by atoms with E-state index in [1.165, 1.54) is 40.0 Å². The van der Waals surface area contributed by atoms with Crippen LogP contribution in [0.5, 0.6) is 0 Å². The number of halogens is 1. The molecule has 2 heterocycles. The summed E-state index contributed by atoms with van der Waals surface area (Å²) in [6.07, 6.45) is 4.01. The van der Waals surface area contributed by atoms with E-state index >= 15 is 0 Å². The topological polar surface area (TPSA) is 12.4 Å². The van der Waals surface area contributed by atoms with Gasteiger partial charge in [0.25, 0.3) is 0 Å². The Balaban J connectivity index is 1.61. The van der Waals surface area contributed by atoms with Crippen molar-refractivity contribution in [2.75, 3.05) is 0 Å². The first-order valence-corrected chi connectivity index (χ1v) is 9.86. The van der Waals surface area contributed by atoms with Crippen molar-refractivity contribution >= 4 is 45.7 Å². The molecule has 0 atom stereocenters. The van der Waals surface area contributed by atoms with Gasteiger partial charge in [0.15, 0.2) is 0 Å². The second kappa shape index (κ2) is 6.69. The Kier molecular flexibility index (Phi) is 4.42. The Hall–Kier alpha value is -1.65. The van der Waals surface area contributed by atoms with E-state index in [1.54, 1.807) is 17.4 Å². The maximum atomic E-state index is 14.0. The molecular weight excluding hydrogens is 357 g/mol. The first kappa shape index (κ1) is 15.9. The zero-order chi connectivity index (χ0) is 16.5. The number of thiophene rings is 2. The maximum absolute atomic E-state index is 14.0. The van der Waals surface area contributed by atoms with Crippen molar-refractivity contribution in [1.29, 1.82) is 0 Å². The van der Waals surface area contributed by atoms with Gasteiger partial charge in [-0.1, -0.05) is 12.5 Å². The normalized spacial score (nSPS) is 14.2. The quantitative estimate of drug-likeness (QED) is 0.346. The molecule has 24 heavy (non-hydrogen) atoms. The molecule has 3 aromatic rings. The van der Waals surface area contributed by atoms with Crippen molar-refractivity contribution in [3.8, 4) is 20.2 Å². The van der Waals surface area contributed by atoms with Crippen molar-refractivity contribution in [3.63, 3.8) is 0 Å². The fourth-order valence-corrected chi connectivity index (χ4v) is 5.19. The summed E-state index contributed by atoms with van der Waals surface area (Å²) >= 11 is 8.12. The lowest BCUT2D eigenvalue weighted by Gasteiger charge is -2.23. The highest BCUT2D eigenvalue weighted by molar-refractivity contribution is 7.78. The molecule has 1 aromatic carbocycles. The van der Waals surface area contributed by atoms with Gasteiger partial charge in [0.1, 0.15) is 11.5 Å². The largest absolute Gasteiger partial charge is 0.205 e. The van der Waals surface area contributed by atoms with Gasteiger partial charge < -0.3 is 0 Å². The second-order valence-corrected chi connectivity index (χ2v) is 8.24. The summed E-state index contributed by atoms with van der Waals surface area (Å²) < 4.78 is 14.0. The minimum Gasteiger partial charge on any atom is -0.205 e. The van der Waals surface area contributed by atoms with Crippen LogP contribution in [0, 0.1) is 5.82 Å². The molecule has 2 aromatic heterocycles. The van der Waals surface area contributed by atoms with Crippen LogP contribution < -0.4 is 0 Å². The highest BCUT2D eigenvalue weighted by atomic mass is 32.1. The molecule has 0 radical (unpaired) electrons. The average molecular weight is 372 g/mol. The van der Waals surface area contributed by atoms with Crippen LogP contribution in [0.25, 0.3) is 20.2 Å². The van der Waals surface area contributed by atoms with Crippen molar-refractivity contribution in [3.05, 3.63) is 53.2 Å². The summed E-state index contributed by atoms with van der Waals surface area (Å²) in [5, 5.41) is 2.20. The van der Waals surface area contributed by atoms with E-state index in [0.29, 0.717) is 0 Å². The zero-order valence-electron chi connectivity index (χ0n) is 12.8. The first-order valence-electron chi connectivity index (χ1n) is 7.82. The fraction of sp³-hybridized carbons (Fsp3) is 0.211. The third-order valence-corrected chi connectivity index (χ3v) is 7.05. The van der Waals surface area contributed by atoms with E-state index in [1.807, 2.05) is 17.4 Å². The zero-order valence-corrected chi connectivity index (χ0v) is 15.2. The SMILES string of the molecule is Fc1cc(-c2ccc(-c3ccc(C4CCC4)s3)s2)ccc1N=C=S. The number of hydrogen-bond acceptors (Lipinski definition) is 4. The van der Waals surface area contributed by atoms with Crippen molar-refractivity contribution in [1.82, 2.24) is 0 Å². The van der Waals surface area contributed by atoms with Crippen LogP contribution >= 0.6 is 34.9 Å². The van der Waals surface area contributed by atoms with E-state index in [4.69, 9.17) is 0 Å². The number of thiocarbonyl (C=S) groups is 1. The molecule has 0 N–H and O–H groups in total. The van der Waals surface area contributed by atoms with Gasteiger partial charge in [-0.3, -0.25) is 0 Å². The minimum absolute atomic E-state index is 0.230. The van der Waals surface area contributed by atoms with Gasteiger partial charge in [-0.25, -0.2) is 4.39 Å². The second-order valence-electron chi connectivity index (χ2n) is 5.86. The molecule has 1 aliphatic carbocycles. The van der Waals surface area contributed by atoms with E-state index in [9.17, 15) is 4.39 Å². The summed E-state index contributed by atoms with van der Waals surface area (Å²) in [6, 6.07) is 13.7. The van der Waals surface area contributed by atoms with Gasteiger partial charge in [0.05, 0.1) is 5.16 Å². The molecule has 0 amide bonds. The molecule has 1 nitrogen and oxygen atoms in total. The van der Waals surface area contributed by atoms with Crippen molar-refractivity contribution in [2.45, 2.75) is 25.2 Å². The number of rotatable bonds is 4. The molecule has 120 valence electrons. The summed E-state index contributed by atoms with van der Waals surface area (Å²) in [7, 11) is 0. The van der Waals surface area contributed by atoms with Crippen LogP contribution in [0.1, 0.15) is 30.1 Å². The van der Waals surface area contributed by atoms with E-state index in [-0.39, 0.29) is 11.5 Å². The van der Waals surface area contributed by atoms with E-state index in [0.717, 1.165) is 16.4 Å². The smallest absolute Gasteiger partial charge is 0.150 e. The van der Waals surface area contributed by atoms with Gasteiger partial charge in [0, 0.05) is 19.5 Å². The van der Waals surface area contributed by atoms with Crippen molar-refractivity contribution in [2.24, 2.45) is 4.99 Å². The molecule has 0 unspecified atom stereocenters. The number of isothiocyanates is 1. The van der Waals surface area contributed by atoms with E-state index in [2.05, 4.69) is 46.6 Å². The lowest BCUT2D eigenvalue weighted by Crippen LogP contribution is -2.06. The Labute approximate surface area is 153 Å². The predicted octanol–water partition coefficient (Wildman–Crippen LogP) is 7.28. The highest BCUT2D eigenvalue weighted by Crippen LogP contribution is 2.44. The number of aliphatic imine (C=N–C) groups is 1. The van der Waals surface area contributed by atoms with Gasteiger partial charge in [-0.05, 0) is 72.9 Å². The molecule has 4 rings (SSSR count). The van der Waals surface area contributed by atoms with Gasteiger partial charge in [-0.2, -0.15) is 4.99 Å². The van der Waals surface area contributed by atoms with Crippen LogP contribution in [-0.2, 0) is 0 Å². The van der Waals surface area contributed by atoms with Crippen LogP contribution in [0.15, 0.2) is 47.5 Å². The maximum Gasteiger partial charge on any atom is 0.150 e. The fourth-order valence-electron chi connectivity index (χ4n) is 2.82. The van der Waals surface area contributed by atoms with E-state index < -0.39 is 0 Å². The van der Waals surface area contributed by atoms with Crippen molar-refractivity contribution < 1.29 is 4.39 Å². The first-order chi connectivity index (χ1) is 11.7. The Bertz CT molecular complexity index is 930. The standard InChI is InChI=1S/C19H14FNS3/c20-14-10-13(4-5-15(14)21-11-22)17-7-9-19(24-17)18-8-6-16(23-18)12-2-1-3-12/h4-10,12H,1-3H2. The number of nitrogens with zero attached hydrogens (tertiary/aromatic N) is 1. The average Bonchev–Trinajstić information content (AvgIpc) is 3.17. The predicted molar refractivity (Wildman–Crippen MR) is 104 cm³/mol. The molecule has 0 saturated heterocycles. The molecular formula is C19H14FNS3. The Morgan fingerprint density at radius 3 is 2.46 bits per heavy atom. The summed E-state index contributed by atoms with van der Waals surface area (Å²) in [4.78, 5) is 8.82. The molecule has 1 aliphatic rings. The summed E-state index contributed by atoms with van der Waals surface area (Å²) in [5.74, 6) is 0.398. The van der Waals surface area contributed by atoms with Gasteiger partial charge in [0.2, 0.25) is 0 Å². The molecule has 0 spiro atoms. The lowest BCUT2D eigenvalue weighted by atomic mass is 9.84. The molecule has 1 fully saturated rings. The Morgan fingerprint density at radius 2 is 1.75 bits per heavy atom. The van der Waals surface area contributed by atoms with Crippen LogP contribution in [-0.4, -0.2) is 5.16 Å². The molecule has 5 heteroatoms. The summed E-state index contributed by atoms with van der Waals surface area (Å²) in [6.45, 7) is 0. The number of hydrogen-bond donors (Lipinski definition) is 0. The summed E-state index contributed by atoms with van der Waals surface area (Å²) in [5.41, 5.74) is 1.09. The van der Waals surface area contributed by atoms with Gasteiger partial charge in [-0.15, -0.1) is 22.7 Å². The van der Waals surface area contributed by atoms with Crippen LogP contribution in [0.2, 0.25) is 0 Å². The Morgan fingerprint density at radius 1 is 1.00 bits per heavy atom. The number of benzene rings is 1.